The first-order valence-corrected chi connectivity index (χ1v) is 8.22. The van der Waals surface area contributed by atoms with Gasteiger partial charge in [-0.15, -0.1) is 0 Å². The van der Waals surface area contributed by atoms with E-state index in [1.54, 1.807) is 0 Å². The van der Waals surface area contributed by atoms with Crippen molar-refractivity contribution in [3.8, 4) is 0 Å². The zero-order valence-electron chi connectivity index (χ0n) is 12.0. The molecular formula is C14H27N3S. The second-order valence-electron chi connectivity index (χ2n) is 5.94. The summed E-state index contributed by atoms with van der Waals surface area (Å²) in [4.78, 5) is 7.16. The van der Waals surface area contributed by atoms with Gasteiger partial charge < -0.3 is 10.2 Å². The van der Waals surface area contributed by atoms with Gasteiger partial charge in [0.1, 0.15) is 0 Å². The molecule has 1 saturated heterocycles. The van der Waals surface area contributed by atoms with Gasteiger partial charge in [0.2, 0.25) is 0 Å². The third-order valence-electron chi connectivity index (χ3n) is 3.81. The maximum atomic E-state index is 4.63. The molecule has 2 rings (SSSR count). The van der Waals surface area contributed by atoms with Crippen molar-refractivity contribution < 1.29 is 0 Å². The number of thioether (sulfide) groups is 1. The topological polar surface area (TPSA) is 27.6 Å². The Hall–Kier alpha value is -0.220. The SMILES string of the molecule is CCN1CCC(CNC2=NCC(CC(C)C)S2)C1. The number of nitrogens with one attached hydrogen (secondary N) is 1. The highest BCUT2D eigenvalue weighted by Crippen LogP contribution is 2.25. The number of rotatable bonds is 5. The Kier molecular flexibility index (Phi) is 5.37. The predicted molar refractivity (Wildman–Crippen MR) is 81.4 cm³/mol. The number of likely N-dealkylation sites (tertiary alicyclic amines) is 1. The Balaban J connectivity index is 1.63. The maximum Gasteiger partial charge on any atom is 0.156 e. The van der Waals surface area contributed by atoms with Gasteiger partial charge in [-0.05, 0) is 37.8 Å². The first-order chi connectivity index (χ1) is 8.67. The summed E-state index contributed by atoms with van der Waals surface area (Å²) in [6, 6.07) is 0. The van der Waals surface area contributed by atoms with E-state index in [2.05, 4.69) is 36.0 Å². The van der Waals surface area contributed by atoms with Crippen LogP contribution in [0.15, 0.2) is 4.99 Å². The summed E-state index contributed by atoms with van der Waals surface area (Å²) in [5.74, 6) is 1.60. The van der Waals surface area contributed by atoms with Crippen molar-refractivity contribution in [1.29, 1.82) is 0 Å². The van der Waals surface area contributed by atoms with Crippen LogP contribution in [-0.4, -0.2) is 48.0 Å². The Bertz CT molecular complexity index is 291. The van der Waals surface area contributed by atoms with E-state index in [1.165, 1.54) is 37.6 Å². The van der Waals surface area contributed by atoms with Gasteiger partial charge in [0.05, 0.1) is 6.54 Å². The number of hydrogen-bond donors (Lipinski definition) is 1. The second kappa shape index (κ2) is 6.80. The molecule has 2 heterocycles. The van der Waals surface area contributed by atoms with Crippen molar-refractivity contribution in [3.05, 3.63) is 0 Å². The molecule has 2 aliphatic rings. The molecule has 0 spiro atoms. The largest absolute Gasteiger partial charge is 0.365 e. The van der Waals surface area contributed by atoms with E-state index in [9.17, 15) is 0 Å². The molecule has 3 nitrogen and oxygen atoms in total. The van der Waals surface area contributed by atoms with Crippen molar-refractivity contribution in [2.45, 2.75) is 38.9 Å². The van der Waals surface area contributed by atoms with Crippen LogP contribution in [0.2, 0.25) is 0 Å². The fourth-order valence-corrected chi connectivity index (χ4v) is 4.02. The highest BCUT2D eigenvalue weighted by atomic mass is 32.2. The molecule has 104 valence electrons. The van der Waals surface area contributed by atoms with Crippen molar-refractivity contribution in [2.24, 2.45) is 16.8 Å². The minimum absolute atomic E-state index is 0.711. The summed E-state index contributed by atoms with van der Waals surface area (Å²) < 4.78 is 0. The van der Waals surface area contributed by atoms with E-state index in [-0.39, 0.29) is 0 Å². The van der Waals surface area contributed by atoms with E-state index in [0.717, 1.165) is 24.9 Å². The first-order valence-electron chi connectivity index (χ1n) is 7.34. The molecule has 2 atom stereocenters. The zero-order chi connectivity index (χ0) is 13.0. The highest BCUT2D eigenvalue weighted by molar-refractivity contribution is 8.14. The van der Waals surface area contributed by atoms with Crippen LogP contribution in [-0.2, 0) is 0 Å². The molecule has 0 bridgehead atoms. The lowest BCUT2D eigenvalue weighted by molar-refractivity contribution is 0.342. The average Bonchev–Trinajstić information content (AvgIpc) is 2.94. The Morgan fingerprint density at radius 2 is 2.33 bits per heavy atom. The van der Waals surface area contributed by atoms with Crippen LogP contribution in [0.4, 0.5) is 0 Å². The molecule has 1 N–H and O–H groups in total. The Morgan fingerprint density at radius 1 is 1.50 bits per heavy atom. The molecule has 18 heavy (non-hydrogen) atoms. The molecule has 2 unspecified atom stereocenters. The van der Waals surface area contributed by atoms with Gasteiger partial charge in [-0.25, -0.2) is 0 Å². The van der Waals surface area contributed by atoms with Gasteiger partial charge in [0.25, 0.3) is 0 Å². The smallest absolute Gasteiger partial charge is 0.156 e. The number of aliphatic imine (C=N–C) groups is 1. The van der Waals surface area contributed by atoms with Crippen molar-refractivity contribution in [1.82, 2.24) is 10.2 Å². The number of amidine groups is 1. The summed E-state index contributed by atoms with van der Waals surface area (Å²) in [6.45, 7) is 12.7. The summed E-state index contributed by atoms with van der Waals surface area (Å²) >= 11 is 1.95. The second-order valence-corrected chi connectivity index (χ2v) is 7.23. The fraction of sp³-hybridized carbons (Fsp3) is 0.929. The fourth-order valence-electron chi connectivity index (χ4n) is 2.76. The van der Waals surface area contributed by atoms with Crippen molar-refractivity contribution in [2.75, 3.05) is 32.7 Å². The summed E-state index contributed by atoms with van der Waals surface area (Å²) in [5.41, 5.74) is 0. The first kappa shape index (κ1) is 14.2. The van der Waals surface area contributed by atoms with Gasteiger partial charge in [-0.2, -0.15) is 0 Å². The number of hydrogen-bond acceptors (Lipinski definition) is 4. The van der Waals surface area contributed by atoms with E-state index >= 15 is 0 Å². The Morgan fingerprint density at radius 3 is 3.00 bits per heavy atom. The summed E-state index contributed by atoms with van der Waals surface area (Å²) in [7, 11) is 0. The van der Waals surface area contributed by atoms with E-state index in [0.29, 0.717) is 5.25 Å². The van der Waals surface area contributed by atoms with Gasteiger partial charge in [-0.1, -0.05) is 32.5 Å². The van der Waals surface area contributed by atoms with Gasteiger partial charge >= 0.3 is 0 Å². The quantitative estimate of drug-likeness (QED) is 0.831. The molecule has 0 aromatic heterocycles. The van der Waals surface area contributed by atoms with Crippen LogP contribution in [0.5, 0.6) is 0 Å². The normalized spacial score (nSPS) is 29.0. The monoisotopic (exact) mass is 269 g/mol. The molecule has 0 saturated carbocycles. The van der Waals surface area contributed by atoms with E-state index in [4.69, 9.17) is 0 Å². The van der Waals surface area contributed by atoms with E-state index in [1.807, 2.05) is 11.8 Å². The third kappa shape index (κ3) is 4.16. The van der Waals surface area contributed by atoms with Crippen LogP contribution in [0, 0.1) is 11.8 Å². The third-order valence-corrected chi connectivity index (χ3v) is 4.98. The van der Waals surface area contributed by atoms with Crippen LogP contribution in [0.1, 0.15) is 33.6 Å². The van der Waals surface area contributed by atoms with Gasteiger partial charge in [-0.3, -0.25) is 4.99 Å². The lowest BCUT2D eigenvalue weighted by Crippen LogP contribution is -2.29. The molecular weight excluding hydrogens is 242 g/mol. The summed E-state index contributed by atoms with van der Waals surface area (Å²) in [6.07, 6.45) is 2.63. The van der Waals surface area contributed by atoms with Gasteiger partial charge in [0.15, 0.2) is 5.17 Å². The van der Waals surface area contributed by atoms with Crippen LogP contribution >= 0.6 is 11.8 Å². The minimum atomic E-state index is 0.711. The molecule has 0 aromatic carbocycles. The Labute approximate surface area is 116 Å². The number of nitrogens with zero attached hydrogens (tertiary/aromatic N) is 2. The van der Waals surface area contributed by atoms with E-state index < -0.39 is 0 Å². The maximum absolute atomic E-state index is 4.63. The molecule has 4 heteroatoms. The minimum Gasteiger partial charge on any atom is -0.365 e. The molecule has 1 fully saturated rings. The van der Waals surface area contributed by atoms with Crippen LogP contribution in [0.25, 0.3) is 0 Å². The van der Waals surface area contributed by atoms with Crippen LogP contribution < -0.4 is 5.32 Å². The molecule has 0 aliphatic carbocycles. The molecule has 2 aliphatic heterocycles. The molecule has 0 radical (unpaired) electrons. The predicted octanol–water partition coefficient (Wildman–Crippen LogP) is 2.44. The lowest BCUT2D eigenvalue weighted by Gasteiger charge is -2.15. The zero-order valence-corrected chi connectivity index (χ0v) is 12.8. The lowest BCUT2D eigenvalue weighted by atomic mass is 10.1. The highest BCUT2D eigenvalue weighted by Gasteiger charge is 2.24. The summed E-state index contributed by atoms with van der Waals surface area (Å²) in [5, 5.41) is 5.46. The standard InChI is InChI=1S/C14H27N3S/c1-4-17-6-5-12(10-17)8-15-14-16-9-13(18-14)7-11(2)3/h11-13H,4-10H2,1-3H3,(H,15,16). The molecule has 0 amide bonds. The van der Waals surface area contributed by atoms with Crippen LogP contribution in [0.3, 0.4) is 0 Å². The van der Waals surface area contributed by atoms with Crippen molar-refractivity contribution in [3.63, 3.8) is 0 Å². The van der Waals surface area contributed by atoms with Gasteiger partial charge in [0, 0.05) is 18.3 Å². The average molecular weight is 269 g/mol. The molecule has 0 aromatic rings. The van der Waals surface area contributed by atoms with Crippen molar-refractivity contribution >= 4 is 16.9 Å².